The van der Waals surface area contributed by atoms with Gasteiger partial charge in [-0.15, -0.1) is 0 Å². The van der Waals surface area contributed by atoms with Crippen molar-refractivity contribution in [2.24, 2.45) is 0 Å². The Morgan fingerprint density at radius 1 is 1.41 bits per heavy atom. The summed E-state index contributed by atoms with van der Waals surface area (Å²) < 4.78 is 10.2. The molecule has 1 amide bonds. The van der Waals surface area contributed by atoms with Crippen molar-refractivity contribution in [2.75, 3.05) is 19.8 Å². The maximum Gasteiger partial charge on any atom is 0.234 e. The summed E-state index contributed by atoms with van der Waals surface area (Å²) in [4.78, 5) is 11.6. The lowest BCUT2D eigenvalue weighted by Gasteiger charge is -2.23. The minimum atomic E-state index is 0.0420. The molecule has 1 aromatic rings. The lowest BCUT2D eigenvalue weighted by Crippen LogP contribution is -2.42. The van der Waals surface area contributed by atoms with Crippen LogP contribution in [0.2, 0.25) is 0 Å². The first kappa shape index (κ1) is 12.1. The summed E-state index contributed by atoms with van der Waals surface area (Å²) in [5.41, 5.74) is 1.05. The Morgan fingerprint density at radius 2 is 2.24 bits per heavy atom. The van der Waals surface area contributed by atoms with Crippen LogP contribution in [0.5, 0.6) is 0 Å². The van der Waals surface area contributed by atoms with Gasteiger partial charge in [0.1, 0.15) is 0 Å². The van der Waals surface area contributed by atoms with E-state index < -0.39 is 0 Å². The molecule has 5 nitrogen and oxygen atoms in total. The van der Waals surface area contributed by atoms with Gasteiger partial charge in [-0.25, -0.2) is 0 Å². The van der Waals surface area contributed by atoms with Crippen molar-refractivity contribution in [1.29, 1.82) is 0 Å². The number of carbonyl (C=O) groups excluding carboxylic acids is 1. The third-order valence-corrected chi connectivity index (χ3v) is 2.78. The molecule has 17 heavy (non-hydrogen) atoms. The van der Waals surface area contributed by atoms with Gasteiger partial charge in [0, 0.05) is 31.4 Å². The van der Waals surface area contributed by atoms with Crippen LogP contribution in [0, 0.1) is 0 Å². The van der Waals surface area contributed by atoms with Gasteiger partial charge in [0.2, 0.25) is 5.91 Å². The van der Waals surface area contributed by atoms with Crippen LogP contribution in [-0.4, -0.2) is 31.7 Å². The largest absolute Gasteiger partial charge is 0.472 e. The molecule has 0 spiro atoms. The van der Waals surface area contributed by atoms with Crippen molar-refractivity contribution in [3.05, 3.63) is 24.2 Å². The fraction of sp³-hybridized carbons (Fsp3) is 0.583. The van der Waals surface area contributed by atoms with E-state index in [1.54, 1.807) is 12.5 Å². The van der Waals surface area contributed by atoms with Crippen LogP contribution in [0.4, 0.5) is 0 Å². The number of amides is 1. The second kappa shape index (κ2) is 6.42. The Labute approximate surface area is 101 Å². The molecule has 0 radical (unpaired) electrons. The van der Waals surface area contributed by atoms with Crippen LogP contribution in [-0.2, 0) is 16.1 Å². The second-order valence-electron chi connectivity index (χ2n) is 4.19. The van der Waals surface area contributed by atoms with Crippen LogP contribution in [0.3, 0.4) is 0 Å². The molecule has 0 aromatic carbocycles. The Bertz CT molecular complexity index is 332. The lowest BCUT2D eigenvalue weighted by atomic mass is 10.1. The van der Waals surface area contributed by atoms with E-state index in [4.69, 9.17) is 9.15 Å². The van der Waals surface area contributed by atoms with Gasteiger partial charge in [-0.3, -0.25) is 4.79 Å². The zero-order valence-corrected chi connectivity index (χ0v) is 9.78. The maximum absolute atomic E-state index is 11.6. The van der Waals surface area contributed by atoms with Gasteiger partial charge in [0.25, 0.3) is 0 Å². The third-order valence-electron chi connectivity index (χ3n) is 2.78. The average Bonchev–Trinajstić information content (AvgIpc) is 2.83. The van der Waals surface area contributed by atoms with Gasteiger partial charge in [-0.1, -0.05) is 0 Å². The van der Waals surface area contributed by atoms with Crippen molar-refractivity contribution < 1.29 is 13.9 Å². The predicted octanol–water partition coefficient (Wildman–Crippen LogP) is 0.664. The van der Waals surface area contributed by atoms with Crippen LogP contribution < -0.4 is 10.6 Å². The normalized spacial score (nSPS) is 16.9. The van der Waals surface area contributed by atoms with Gasteiger partial charge < -0.3 is 19.8 Å². The van der Waals surface area contributed by atoms with Gasteiger partial charge in [-0.2, -0.15) is 0 Å². The van der Waals surface area contributed by atoms with Crippen LogP contribution in [0.15, 0.2) is 23.0 Å². The number of nitrogens with one attached hydrogen (secondary N) is 2. The molecule has 0 bridgehead atoms. The van der Waals surface area contributed by atoms with E-state index in [2.05, 4.69) is 10.6 Å². The molecular formula is C12H18N2O3. The summed E-state index contributed by atoms with van der Waals surface area (Å²) in [6.07, 6.45) is 5.11. The predicted molar refractivity (Wildman–Crippen MR) is 62.4 cm³/mol. The van der Waals surface area contributed by atoms with Crippen molar-refractivity contribution >= 4 is 5.91 Å². The highest BCUT2D eigenvalue weighted by molar-refractivity contribution is 5.78. The monoisotopic (exact) mass is 238 g/mol. The molecule has 1 aliphatic rings. The topological polar surface area (TPSA) is 63.5 Å². The molecule has 1 aliphatic heterocycles. The molecule has 0 aliphatic carbocycles. The van der Waals surface area contributed by atoms with E-state index >= 15 is 0 Å². The highest BCUT2D eigenvalue weighted by Crippen LogP contribution is 2.05. The first-order valence-electron chi connectivity index (χ1n) is 5.93. The minimum absolute atomic E-state index is 0.0420. The molecule has 0 saturated carbocycles. The fourth-order valence-corrected chi connectivity index (χ4v) is 1.83. The van der Waals surface area contributed by atoms with Crippen molar-refractivity contribution in [3.8, 4) is 0 Å². The van der Waals surface area contributed by atoms with Gasteiger partial charge in [0.15, 0.2) is 0 Å². The maximum atomic E-state index is 11.6. The van der Waals surface area contributed by atoms with E-state index in [9.17, 15) is 4.79 Å². The summed E-state index contributed by atoms with van der Waals surface area (Å²) in [5, 5.41) is 6.07. The van der Waals surface area contributed by atoms with Crippen LogP contribution >= 0.6 is 0 Å². The molecule has 1 fully saturated rings. The van der Waals surface area contributed by atoms with E-state index in [0.29, 0.717) is 13.1 Å². The Hall–Kier alpha value is -1.33. The van der Waals surface area contributed by atoms with Gasteiger partial charge in [0.05, 0.1) is 19.1 Å². The number of hydrogen-bond acceptors (Lipinski definition) is 4. The zero-order valence-electron chi connectivity index (χ0n) is 9.78. The number of carbonyl (C=O) groups is 1. The number of ether oxygens (including phenoxy) is 1. The van der Waals surface area contributed by atoms with Gasteiger partial charge in [-0.05, 0) is 18.9 Å². The molecule has 2 rings (SSSR count). The van der Waals surface area contributed by atoms with Crippen molar-refractivity contribution in [1.82, 2.24) is 10.6 Å². The lowest BCUT2D eigenvalue weighted by molar-refractivity contribution is -0.121. The average molecular weight is 238 g/mol. The molecule has 2 N–H and O–H groups in total. The summed E-state index contributed by atoms with van der Waals surface area (Å²) in [7, 11) is 0. The summed E-state index contributed by atoms with van der Waals surface area (Å²) >= 11 is 0. The molecule has 1 saturated heterocycles. The minimum Gasteiger partial charge on any atom is -0.472 e. The highest BCUT2D eigenvalue weighted by atomic mass is 16.5. The molecular weight excluding hydrogens is 220 g/mol. The number of hydrogen-bond donors (Lipinski definition) is 2. The summed E-state index contributed by atoms with van der Waals surface area (Å²) in [5.74, 6) is 0.0420. The Morgan fingerprint density at radius 3 is 2.94 bits per heavy atom. The molecule has 5 heteroatoms. The van der Waals surface area contributed by atoms with Crippen LogP contribution in [0.25, 0.3) is 0 Å². The quantitative estimate of drug-likeness (QED) is 0.791. The van der Waals surface area contributed by atoms with E-state index in [1.165, 1.54) is 0 Å². The van der Waals surface area contributed by atoms with Crippen molar-refractivity contribution in [3.63, 3.8) is 0 Å². The number of rotatable bonds is 5. The van der Waals surface area contributed by atoms with Gasteiger partial charge >= 0.3 is 0 Å². The first-order valence-corrected chi connectivity index (χ1v) is 5.93. The van der Waals surface area contributed by atoms with E-state index in [-0.39, 0.29) is 11.9 Å². The smallest absolute Gasteiger partial charge is 0.234 e. The third kappa shape index (κ3) is 4.20. The molecule has 0 atom stereocenters. The molecule has 0 unspecified atom stereocenters. The molecule has 94 valence electrons. The SMILES string of the molecule is O=C(CNCc1ccoc1)NC1CCOCC1. The Kier molecular flexibility index (Phi) is 4.58. The summed E-state index contributed by atoms with van der Waals surface area (Å²) in [6, 6.07) is 2.15. The second-order valence-corrected chi connectivity index (χ2v) is 4.19. The highest BCUT2D eigenvalue weighted by Gasteiger charge is 2.15. The van der Waals surface area contributed by atoms with E-state index in [1.807, 2.05) is 6.07 Å². The zero-order chi connectivity index (χ0) is 11.9. The van der Waals surface area contributed by atoms with Crippen LogP contribution in [0.1, 0.15) is 18.4 Å². The standard InChI is InChI=1S/C12H18N2O3/c15-12(14-11-2-5-16-6-3-11)8-13-7-10-1-4-17-9-10/h1,4,9,11,13H,2-3,5-8H2,(H,14,15). The fourth-order valence-electron chi connectivity index (χ4n) is 1.83. The Balaban J connectivity index is 1.60. The molecule has 1 aromatic heterocycles. The first-order chi connectivity index (χ1) is 8.34. The summed E-state index contributed by atoms with van der Waals surface area (Å²) in [6.45, 7) is 2.47. The van der Waals surface area contributed by atoms with E-state index in [0.717, 1.165) is 31.6 Å². The number of furan rings is 1. The van der Waals surface area contributed by atoms with Crippen molar-refractivity contribution in [2.45, 2.75) is 25.4 Å². The molecule has 2 heterocycles.